The molecule has 106 valence electrons. The van der Waals surface area contributed by atoms with Gasteiger partial charge >= 0.3 is 0 Å². The first-order valence-electron chi connectivity index (χ1n) is 6.61. The Morgan fingerprint density at radius 2 is 2.20 bits per heavy atom. The van der Waals surface area contributed by atoms with Crippen LogP contribution in [-0.2, 0) is 6.42 Å². The van der Waals surface area contributed by atoms with E-state index in [1.165, 1.54) is 16.5 Å². The number of thiophene rings is 1. The van der Waals surface area contributed by atoms with E-state index in [2.05, 4.69) is 32.3 Å². The molecule has 2 atom stereocenters. The molecule has 1 aliphatic rings. The van der Waals surface area contributed by atoms with Crippen LogP contribution in [0.4, 0.5) is 10.1 Å². The number of halogens is 2. The molecular weight excluding hydrogens is 339 g/mol. The average molecular weight is 355 g/mol. The second-order valence-corrected chi connectivity index (χ2v) is 7.05. The van der Waals surface area contributed by atoms with Crippen LogP contribution in [0.1, 0.15) is 23.4 Å². The van der Waals surface area contributed by atoms with Crippen molar-refractivity contribution in [2.45, 2.75) is 25.4 Å². The lowest BCUT2D eigenvalue weighted by Crippen LogP contribution is -2.38. The lowest BCUT2D eigenvalue weighted by molar-refractivity contribution is 0.547. The van der Waals surface area contributed by atoms with Crippen LogP contribution >= 0.6 is 27.3 Å². The monoisotopic (exact) mass is 354 g/mol. The molecule has 2 nitrogen and oxygen atoms in total. The fourth-order valence-corrected chi connectivity index (χ4v) is 4.52. The number of benzene rings is 1. The van der Waals surface area contributed by atoms with Crippen LogP contribution < -0.4 is 10.6 Å². The maximum Gasteiger partial charge on any atom is 0.125 e. The molecule has 3 rings (SSSR count). The largest absolute Gasteiger partial charge is 0.361 e. The highest BCUT2D eigenvalue weighted by Crippen LogP contribution is 2.39. The molecule has 0 radical (unpaired) electrons. The zero-order chi connectivity index (χ0) is 14.3. The third-order valence-corrected chi connectivity index (χ3v) is 5.46. The van der Waals surface area contributed by atoms with Crippen molar-refractivity contribution in [3.05, 3.63) is 50.4 Å². The topological polar surface area (TPSA) is 29.3 Å². The van der Waals surface area contributed by atoms with Gasteiger partial charge in [-0.05, 0) is 53.0 Å². The van der Waals surface area contributed by atoms with Crippen molar-refractivity contribution < 1.29 is 4.39 Å². The summed E-state index contributed by atoms with van der Waals surface area (Å²) in [7, 11) is 0. The van der Waals surface area contributed by atoms with Gasteiger partial charge < -0.3 is 10.6 Å². The molecule has 0 amide bonds. The number of hydrogen-bond donors (Lipinski definition) is 1. The van der Waals surface area contributed by atoms with Crippen LogP contribution in [0.5, 0.6) is 0 Å². The Morgan fingerprint density at radius 3 is 2.85 bits per heavy atom. The molecule has 20 heavy (non-hydrogen) atoms. The van der Waals surface area contributed by atoms with Crippen LogP contribution in [0.15, 0.2) is 34.1 Å². The van der Waals surface area contributed by atoms with E-state index in [0.29, 0.717) is 0 Å². The van der Waals surface area contributed by atoms with Gasteiger partial charge in [-0.25, -0.2) is 4.39 Å². The molecule has 2 unspecified atom stereocenters. The van der Waals surface area contributed by atoms with Crippen LogP contribution in [0.2, 0.25) is 0 Å². The molecule has 1 aromatic heterocycles. The Bertz CT molecular complexity index is 626. The number of rotatable bonds is 3. The molecule has 0 saturated carbocycles. The second-order valence-electron chi connectivity index (χ2n) is 5.19. The Balaban J connectivity index is 2.01. The van der Waals surface area contributed by atoms with Gasteiger partial charge in [0.15, 0.2) is 0 Å². The highest BCUT2D eigenvalue weighted by molar-refractivity contribution is 9.10. The van der Waals surface area contributed by atoms with Gasteiger partial charge in [0.25, 0.3) is 0 Å². The summed E-state index contributed by atoms with van der Waals surface area (Å²) in [6.07, 6.45) is 0.950. The lowest BCUT2D eigenvalue weighted by Gasteiger charge is -2.32. The molecule has 0 spiro atoms. The maximum absolute atomic E-state index is 13.5. The van der Waals surface area contributed by atoms with Crippen molar-refractivity contribution in [2.24, 2.45) is 5.73 Å². The zero-order valence-electron chi connectivity index (χ0n) is 11.1. The van der Waals surface area contributed by atoms with Gasteiger partial charge in [-0.15, -0.1) is 11.3 Å². The molecule has 1 aromatic carbocycles. The molecular formula is C15H16BrFN2S. The van der Waals surface area contributed by atoms with Gasteiger partial charge in [0.05, 0.1) is 6.04 Å². The molecule has 2 N–H and O–H groups in total. The zero-order valence-corrected chi connectivity index (χ0v) is 13.5. The van der Waals surface area contributed by atoms with E-state index in [1.54, 1.807) is 17.4 Å². The Morgan fingerprint density at radius 1 is 1.40 bits per heavy atom. The summed E-state index contributed by atoms with van der Waals surface area (Å²) >= 11 is 5.18. The van der Waals surface area contributed by atoms with E-state index in [9.17, 15) is 4.39 Å². The minimum atomic E-state index is -0.188. The standard InChI is InChI=1S/C15H16BrFN2S/c1-9(18)15(14-6-11(16)8-20-14)19-5-4-10-2-3-12(17)7-13(10)19/h2-3,6-9,15H,4-5,18H2,1H3. The molecule has 0 bridgehead atoms. The van der Waals surface area contributed by atoms with Crippen molar-refractivity contribution in [3.8, 4) is 0 Å². The SMILES string of the molecule is CC(N)C(c1cc(Br)cs1)N1CCc2ccc(F)cc21. The maximum atomic E-state index is 13.5. The molecule has 0 aliphatic carbocycles. The van der Waals surface area contributed by atoms with Gasteiger partial charge in [-0.3, -0.25) is 0 Å². The number of hydrogen-bond acceptors (Lipinski definition) is 3. The Kier molecular flexibility index (Phi) is 3.84. The van der Waals surface area contributed by atoms with Crippen LogP contribution in [0, 0.1) is 5.82 Å². The van der Waals surface area contributed by atoms with Crippen molar-refractivity contribution in [3.63, 3.8) is 0 Å². The fourth-order valence-electron chi connectivity index (χ4n) is 2.85. The fraction of sp³-hybridized carbons (Fsp3) is 0.333. The van der Waals surface area contributed by atoms with Crippen molar-refractivity contribution in [1.82, 2.24) is 0 Å². The van der Waals surface area contributed by atoms with E-state index in [4.69, 9.17) is 5.73 Å². The highest BCUT2D eigenvalue weighted by Gasteiger charge is 2.30. The number of nitrogens with zero attached hydrogens (tertiary/aromatic N) is 1. The summed E-state index contributed by atoms with van der Waals surface area (Å²) in [5.74, 6) is -0.188. The molecule has 2 heterocycles. The predicted molar refractivity (Wildman–Crippen MR) is 85.9 cm³/mol. The summed E-state index contributed by atoms with van der Waals surface area (Å²) in [5, 5.41) is 2.06. The normalized spacial score (nSPS) is 17.1. The Labute approximate surface area is 130 Å². The third-order valence-electron chi connectivity index (χ3n) is 3.69. The van der Waals surface area contributed by atoms with E-state index in [-0.39, 0.29) is 17.9 Å². The first-order valence-corrected chi connectivity index (χ1v) is 8.28. The molecule has 0 saturated heterocycles. The number of anilines is 1. The van der Waals surface area contributed by atoms with Crippen molar-refractivity contribution >= 4 is 33.0 Å². The number of fused-ring (bicyclic) bond motifs is 1. The summed E-state index contributed by atoms with van der Waals surface area (Å²) < 4.78 is 14.6. The van der Waals surface area contributed by atoms with Gasteiger partial charge in [0.1, 0.15) is 5.82 Å². The molecule has 0 fully saturated rings. The van der Waals surface area contributed by atoms with E-state index < -0.39 is 0 Å². The van der Waals surface area contributed by atoms with Crippen LogP contribution in [0.25, 0.3) is 0 Å². The van der Waals surface area contributed by atoms with Crippen LogP contribution in [-0.4, -0.2) is 12.6 Å². The minimum Gasteiger partial charge on any atom is -0.361 e. The van der Waals surface area contributed by atoms with Gasteiger partial charge in [0, 0.05) is 33.0 Å². The molecule has 5 heteroatoms. The first-order chi connectivity index (χ1) is 9.56. The Hall–Kier alpha value is -0.910. The summed E-state index contributed by atoms with van der Waals surface area (Å²) in [6, 6.07) is 7.22. The minimum absolute atomic E-state index is 0.0187. The smallest absolute Gasteiger partial charge is 0.125 e. The summed E-state index contributed by atoms with van der Waals surface area (Å²) in [6.45, 7) is 2.90. The molecule has 1 aliphatic heterocycles. The van der Waals surface area contributed by atoms with Crippen molar-refractivity contribution in [1.29, 1.82) is 0 Å². The van der Waals surface area contributed by atoms with E-state index in [1.807, 2.05) is 13.0 Å². The second kappa shape index (κ2) is 5.47. The highest BCUT2D eigenvalue weighted by atomic mass is 79.9. The van der Waals surface area contributed by atoms with Crippen LogP contribution in [0.3, 0.4) is 0 Å². The average Bonchev–Trinajstić information content (AvgIpc) is 2.97. The van der Waals surface area contributed by atoms with E-state index >= 15 is 0 Å². The quantitative estimate of drug-likeness (QED) is 0.898. The van der Waals surface area contributed by atoms with Gasteiger partial charge in [-0.2, -0.15) is 0 Å². The predicted octanol–water partition coefficient (Wildman–Crippen LogP) is 4.10. The van der Waals surface area contributed by atoms with Gasteiger partial charge in [-0.1, -0.05) is 6.07 Å². The number of nitrogens with two attached hydrogens (primary N) is 1. The van der Waals surface area contributed by atoms with Crippen molar-refractivity contribution in [2.75, 3.05) is 11.4 Å². The molecule has 2 aromatic rings. The lowest BCUT2D eigenvalue weighted by atomic mass is 10.1. The van der Waals surface area contributed by atoms with E-state index in [0.717, 1.165) is 23.1 Å². The summed E-state index contributed by atoms with van der Waals surface area (Å²) in [5.41, 5.74) is 8.39. The third kappa shape index (κ3) is 2.50. The first kappa shape index (κ1) is 14.0. The van der Waals surface area contributed by atoms with Gasteiger partial charge in [0.2, 0.25) is 0 Å². The summed E-state index contributed by atoms with van der Waals surface area (Å²) in [4.78, 5) is 3.45.